The van der Waals surface area contributed by atoms with Gasteiger partial charge in [0.15, 0.2) is 0 Å². The largest absolute Gasteiger partial charge is 0.481 e. The van der Waals surface area contributed by atoms with Gasteiger partial charge in [0.2, 0.25) is 100 Å². The number of fused-ring (bicyclic) bond motifs is 9. The summed E-state index contributed by atoms with van der Waals surface area (Å²) in [6, 6.07) is -25.7. The van der Waals surface area contributed by atoms with Crippen molar-refractivity contribution in [3.05, 3.63) is 36.4 Å². The van der Waals surface area contributed by atoms with Gasteiger partial charge < -0.3 is 122 Å². The summed E-state index contributed by atoms with van der Waals surface area (Å²) in [6.45, 7) is 6.37. The fourth-order valence-electron chi connectivity index (χ4n) is 11.1. The van der Waals surface area contributed by atoms with Gasteiger partial charge in [-0.1, -0.05) is 77.3 Å². The number of aromatic amines is 2. The molecule has 44 nitrogen and oxygen atoms in total. The first-order valence-electron chi connectivity index (χ1n) is 35.3. The maximum Gasteiger partial charge on any atom is 0.305 e. The number of aliphatic hydroxyl groups excluding tert-OH is 1. The minimum Gasteiger partial charge on any atom is -0.481 e. The summed E-state index contributed by atoms with van der Waals surface area (Å²) in [5.41, 5.74) is 17.5. The third-order valence-electron chi connectivity index (χ3n) is 17.6. The van der Waals surface area contributed by atoms with E-state index in [4.69, 9.17) is 17.2 Å². The molecule has 0 saturated carbocycles. The van der Waals surface area contributed by atoms with Crippen LogP contribution in [0, 0.1) is 11.8 Å². The van der Waals surface area contributed by atoms with Crippen molar-refractivity contribution in [3.8, 4) is 0 Å². The summed E-state index contributed by atoms with van der Waals surface area (Å²) in [7, 11) is 3.07. The van der Waals surface area contributed by atoms with E-state index in [1.54, 1.807) is 6.92 Å². The van der Waals surface area contributed by atoms with E-state index in [1.165, 1.54) is 52.7 Å². The number of rotatable bonds is 18. The number of carboxylic acid groups (broad SMARTS) is 2. The van der Waals surface area contributed by atoms with Gasteiger partial charge in [-0.05, 0) is 44.9 Å². The zero-order chi connectivity index (χ0) is 83.2. The van der Waals surface area contributed by atoms with Gasteiger partial charge in [-0.3, -0.25) is 91.1 Å². The highest BCUT2D eigenvalue weighted by molar-refractivity contribution is 8.77. The number of H-pyrrole nitrogens is 2. The van der Waals surface area contributed by atoms with E-state index in [1.807, 2.05) is 0 Å². The minimum absolute atomic E-state index is 0.0212. The van der Waals surface area contributed by atoms with Crippen LogP contribution in [0.4, 0.5) is 0 Å². The number of hydrogen-bond acceptors (Lipinski definition) is 27. The SMILES string of the molecule is CC[C@H](C)[C@@H]1NC(=O)[C@H](CCC(=O)O)NC(=O)[C@H](C)NC(=O)[C@H](Cc2cnc[nH]2)NC(=O)[C@H](CC(=O)O)NC(=O)[C@H](C(C)C)NC(=O)[C@H](CC(N)=O)NC(=O)[C@@H]2CSSC[C@H](NC(=O)CN)C(=O)N[C@@H](CSSC[C@@H](C(N)=O)NC1=O)C(=O)N[C@@H](CO)C(=O)N[C@@H](Cc1cnc[nH]1)C(=O)N1CCC[C@H]1C(=O)N[C@@H](C)C(=O)N2. The number of nitrogens with zero attached hydrogens (tertiary/aromatic N) is 3. The predicted octanol–water partition coefficient (Wildman–Crippen LogP) is -9.12. The highest BCUT2D eigenvalue weighted by atomic mass is 33.1. The summed E-state index contributed by atoms with van der Waals surface area (Å²) in [6.07, 6.45) is 1.12. The molecule has 112 heavy (non-hydrogen) atoms. The number of carbonyl (C=O) groups is 19. The van der Waals surface area contributed by atoms with Gasteiger partial charge in [-0.2, -0.15) is 0 Å². The van der Waals surface area contributed by atoms with Crippen molar-refractivity contribution >= 4 is 156 Å². The maximum atomic E-state index is 14.7. The molecule has 16 atom stereocenters. The summed E-state index contributed by atoms with van der Waals surface area (Å²) >= 11 is 0. The summed E-state index contributed by atoms with van der Waals surface area (Å²) in [5, 5.41) is 64.2. The Morgan fingerprint density at radius 1 is 0.536 bits per heavy atom. The Bertz CT molecular complexity index is 3730. The van der Waals surface area contributed by atoms with Crippen LogP contribution in [0.3, 0.4) is 0 Å². The summed E-state index contributed by atoms with van der Waals surface area (Å²) < 4.78 is 0. The number of nitrogens with two attached hydrogens (primary N) is 3. The molecule has 0 spiro atoms. The van der Waals surface area contributed by atoms with Crippen LogP contribution in [0.25, 0.3) is 0 Å². The molecule has 25 N–H and O–H groups in total. The van der Waals surface area contributed by atoms with Crippen LogP contribution in [0.2, 0.25) is 0 Å². The molecule has 3 fully saturated rings. The lowest BCUT2D eigenvalue weighted by molar-refractivity contribution is -0.142. The van der Waals surface area contributed by atoms with Gasteiger partial charge in [0.1, 0.15) is 90.6 Å². The second kappa shape index (κ2) is 45.2. The molecule has 618 valence electrons. The Morgan fingerprint density at radius 3 is 1.55 bits per heavy atom. The van der Waals surface area contributed by atoms with Gasteiger partial charge in [0.25, 0.3) is 0 Å². The van der Waals surface area contributed by atoms with Crippen LogP contribution >= 0.6 is 43.2 Å². The van der Waals surface area contributed by atoms with Gasteiger partial charge in [-0.25, -0.2) is 9.97 Å². The summed E-state index contributed by atoms with van der Waals surface area (Å²) in [4.78, 5) is 279. The highest BCUT2D eigenvalue weighted by Gasteiger charge is 2.43. The van der Waals surface area contributed by atoms with Gasteiger partial charge in [-0.15, -0.1) is 0 Å². The van der Waals surface area contributed by atoms with E-state index in [2.05, 4.69) is 94.4 Å². The molecule has 5 heterocycles. The van der Waals surface area contributed by atoms with Crippen molar-refractivity contribution < 1.29 is 106 Å². The smallest absolute Gasteiger partial charge is 0.305 e. The van der Waals surface area contributed by atoms with Crippen LogP contribution in [0.1, 0.15) is 97.9 Å². The molecule has 2 bridgehead atoms. The van der Waals surface area contributed by atoms with E-state index in [0.29, 0.717) is 0 Å². The van der Waals surface area contributed by atoms with Crippen LogP contribution in [0.15, 0.2) is 25.0 Å². The molecule has 2 aromatic heterocycles. The molecule has 17 amide bonds. The molecular formula is C64H96N22O22S4. The molecule has 0 aromatic carbocycles. The van der Waals surface area contributed by atoms with Gasteiger partial charge in [0.05, 0.1) is 38.6 Å². The first-order valence-corrected chi connectivity index (χ1v) is 40.2. The lowest BCUT2D eigenvalue weighted by atomic mass is 9.97. The second-order valence-electron chi connectivity index (χ2n) is 26.6. The second-order valence-corrected chi connectivity index (χ2v) is 31.7. The molecule has 3 aliphatic rings. The van der Waals surface area contributed by atoms with Crippen LogP contribution in [-0.4, -0.2) is 286 Å². The number of aliphatic hydroxyl groups is 1. The van der Waals surface area contributed by atoms with Crippen LogP contribution in [0.5, 0.6) is 0 Å². The molecule has 0 radical (unpaired) electrons. The fraction of sp³-hybridized carbons (Fsp3) is 0.609. The first-order chi connectivity index (χ1) is 52.9. The number of hydrogen-bond donors (Lipinski definition) is 22. The monoisotopic (exact) mass is 1650 g/mol. The average molecular weight is 1650 g/mol. The van der Waals surface area contributed by atoms with E-state index < -0.39 is 283 Å². The molecule has 0 unspecified atom stereocenters. The fourth-order valence-corrected chi connectivity index (χ4v) is 15.8. The van der Waals surface area contributed by atoms with Gasteiger partial charge in [0, 0.05) is 72.6 Å². The number of carboxylic acids is 2. The minimum atomic E-state index is -2.08. The molecule has 5 rings (SSSR count). The number of nitrogens with one attached hydrogen (secondary N) is 16. The molecule has 0 aliphatic carbocycles. The normalized spacial score (nSPS) is 27.6. The third kappa shape index (κ3) is 29.1. The Morgan fingerprint density at radius 2 is 1.01 bits per heavy atom. The quantitative estimate of drug-likeness (QED) is 0.0616. The number of amides is 17. The standard InChI is InChI=1S/C64H96N22O22S4/c1-7-28(4)49-63(107)81-39(50(67)94)21-109-111-24-42-60(104)80-38(20-87)57(101)79-37(14-32-19-69-26-71-32)64(108)86-12-8-9-43(86)61(105)73-30(6)52(96)82-41(23-112-110-22-40(58(102)83-42)74-45(89)17-65)59(103)77-35(15-44(66)88)56(100)84-48(27(2)3)62(106)78-36(16-47(92)93)55(99)76-34(13-31-18-68-25-70-31)54(98)72-29(5)51(95)75-33(53(97)85-49)10-11-46(90)91/h18-19,25-30,33-43,48-49,87H,7-17,20-24,65H2,1-6H3,(H2,66,88)(H2,67,94)(H,68,70)(H,69,71)(H,72,98)(H,73,105)(H,74,89)(H,75,95)(H,76,99)(H,77,103)(H,78,106)(H,79,101)(H,80,104)(H,81,107)(H,82,96)(H,83,102)(H,84,100)(H,85,97)(H,90,91)(H,92,93)/t28-,29-,30-,33-,34-,35-,36-,37-,38-,39-,40-,41-,42-,43-,48-,49-/m0/s1. The average Bonchev–Trinajstić information content (AvgIpc) is 1.62. The van der Waals surface area contributed by atoms with Crippen molar-refractivity contribution in [2.45, 2.75) is 190 Å². The molecule has 3 saturated heterocycles. The predicted molar refractivity (Wildman–Crippen MR) is 400 cm³/mol. The van der Waals surface area contributed by atoms with Crippen molar-refractivity contribution in [2.24, 2.45) is 29.0 Å². The number of carbonyl (C=O) groups excluding carboxylic acids is 17. The van der Waals surface area contributed by atoms with Crippen LogP contribution < -0.4 is 91.6 Å². The Labute approximate surface area is 656 Å². The highest BCUT2D eigenvalue weighted by Crippen LogP contribution is 2.27. The van der Waals surface area contributed by atoms with E-state index in [-0.39, 0.29) is 43.6 Å². The van der Waals surface area contributed by atoms with Crippen molar-refractivity contribution in [1.82, 2.24) is 99.3 Å². The third-order valence-corrected chi connectivity index (χ3v) is 22.4. The lowest BCUT2D eigenvalue weighted by Crippen LogP contribution is -2.62. The maximum absolute atomic E-state index is 14.7. The zero-order valence-corrected chi connectivity index (χ0v) is 65.0. The van der Waals surface area contributed by atoms with E-state index in [0.717, 1.165) is 55.0 Å². The molecule has 48 heteroatoms. The Hall–Kier alpha value is -10.3. The van der Waals surface area contributed by atoms with E-state index in [9.17, 15) is 106 Å². The first kappa shape index (κ1) is 92.3. The number of aliphatic carboxylic acids is 2. The molecular weight excluding hydrogens is 1560 g/mol. The lowest BCUT2D eigenvalue weighted by Gasteiger charge is -2.30. The number of imidazole rings is 2. The van der Waals surface area contributed by atoms with Crippen molar-refractivity contribution in [3.63, 3.8) is 0 Å². The van der Waals surface area contributed by atoms with E-state index >= 15 is 0 Å². The number of primary amides is 2. The summed E-state index contributed by atoms with van der Waals surface area (Å²) in [5.74, 6) is -25.9. The Balaban J connectivity index is 1.66. The van der Waals surface area contributed by atoms with Gasteiger partial charge >= 0.3 is 11.9 Å². The zero-order valence-electron chi connectivity index (χ0n) is 61.7. The number of aromatic nitrogens is 4. The molecule has 3 aliphatic heterocycles. The van der Waals surface area contributed by atoms with Crippen LogP contribution in [-0.2, 0) is 104 Å². The molecule has 2 aromatic rings. The van der Waals surface area contributed by atoms with Crippen molar-refractivity contribution in [1.29, 1.82) is 0 Å². The topological polar surface area (TPSA) is 692 Å². The van der Waals surface area contributed by atoms with Crippen molar-refractivity contribution in [2.75, 3.05) is 42.7 Å². The Kier molecular flexibility index (Phi) is 37.3.